The smallest absolute Gasteiger partial charge is 0.180 e. The van der Waals surface area contributed by atoms with E-state index in [2.05, 4.69) is 4.98 Å². The minimum atomic E-state index is 0.747. The maximum atomic E-state index is 5.62. The van der Waals surface area contributed by atoms with Crippen molar-refractivity contribution in [3.8, 4) is 0 Å². The van der Waals surface area contributed by atoms with E-state index in [4.69, 9.17) is 5.73 Å². The molecule has 3 nitrogen and oxygen atoms in total. The second kappa shape index (κ2) is 6.08. The summed E-state index contributed by atoms with van der Waals surface area (Å²) in [6.07, 6.45) is 6.29. The summed E-state index contributed by atoms with van der Waals surface area (Å²) in [5, 5.41) is 0.747. The number of fused-ring (bicyclic) bond motifs is 1. The van der Waals surface area contributed by atoms with Crippen LogP contribution in [0.2, 0.25) is 0 Å². The van der Waals surface area contributed by atoms with Gasteiger partial charge in [-0.3, -0.25) is 0 Å². The van der Waals surface area contributed by atoms with Crippen LogP contribution in [-0.2, 0) is 12.8 Å². The first kappa shape index (κ1) is 12.5. The molecule has 0 atom stereocenters. The fourth-order valence-electron chi connectivity index (χ4n) is 1.55. The predicted octanol–water partition coefficient (Wildman–Crippen LogP) is 2.17. The molecular formula is C11H21N3S. The number of nitrogens with zero attached hydrogens (tertiary/aromatic N) is 2. The zero-order valence-corrected chi connectivity index (χ0v) is 10.7. The molecule has 0 spiro atoms. The van der Waals surface area contributed by atoms with Crippen molar-refractivity contribution in [3.05, 3.63) is 10.6 Å². The molecule has 0 amide bonds. The van der Waals surface area contributed by atoms with Crippen LogP contribution in [0, 0.1) is 0 Å². The largest absolute Gasteiger partial charge is 0.375 e. The molecule has 1 aromatic heterocycles. The summed E-state index contributed by atoms with van der Waals surface area (Å²) in [4.78, 5) is 7.74. The van der Waals surface area contributed by atoms with Gasteiger partial charge in [0.2, 0.25) is 0 Å². The first-order valence-electron chi connectivity index (χ1n) is 5.44. The minimum absolute atomic E-state index is 0.747. The van der Waals surface area contributed by atoms with Gasteiger partial charge in [-0.2, -0.15) is 0 Å². The summed E-state index contributed by atoms with van der Waals surface area (Å²) in [5.74, 6) is 0. The highest BCUT2D eigenvalue weighted by atomic mass is 32.1. The molecule has 2 rings (SSSR count). The zero-order chi connectivity index (χ0) is 11.3. The molecule has 0 fully saturated rings. The van der Waals surface area contributed by atoms with Gasteiger partial charge in [-0.05, 0) is 46.8 Å². The molecule has 0 unspecified atom stereocenters. The molecular weight excluding hydrogens is 206 g/mol. The number of thiazole rings is 1. The third kappa shape index (κ3) is 4.62. The molecule has 1 heterocycles. The van der Waals surface area contributed by atoms with Gasteiger partial charge in [-0.25, -0.2) is 4.98 Å². The van der Waals surface area contributed by atoms with E-state index in [1.54, 1.807) is 11.3 Å². The van der Waals surface area contributed by atoms with E-state index in [0.717, 1.165) is 11.6 Å². The van der Waals surface area contributed by atoms with Gasteiger partial charge in [0.15, 0.2) is 5.13 Å². The molecule has 0 saturated heterocycles. The first-order valence-corrected chi connectivity index (χ1v) is 6.26. The SMILES string of the molecule is CN(C)C.Nc1nc2c(s1)CCCCC2. The van der Waals surface area contributed by atoms with Crippen molar-refractivity contribution in [1.29, 1.82) is 0 Å². The van der Waals surface area contributed by atoms with E-state index < -0.39 is 0 Å². The fraction of sp³-hybridized carbons (Fsp3) is 0.727. The molecule has 0 radical (unpaired) electrons. The van der Waals surface area contributed by atoms with E-state index in [1.165, 1.54) is 36.3 Å². The Hall–Kier alpha value is -0.610. The normalized spacial score (nSPS) is 15.2. The Balaban J connectivity index is 0.000000245. The van der Waals surface area contributed by atoms with E-state index >= 15 is 0 Å². The second-order valence-electron chi connectivity index (χ2n) is 4.32. The number of rotatable bonds is 0. The number of hydrogen-bond donors (Lipinski definition) is 1. The van der Waals surface area contributed by atoms with Gasteiger partial charge in [0, 0.05) is 4.88 Å². The maximum absolute atomic E-state index is 5.62. The van der Waals surface area contributed by atoms with Crippen molar-refractivity contribution in [2.45, 2.75) is 32.1 Å². The zero-order valence-electron chi connectivity index (χ0n) is 9.92. The third-order valence-corrected chi connectivity index (χ3v) is 3.10. The van der Waals surface area contributed by atoms with Crippen LogP contribution in [0.1, 0.15) is 29.8 Å². The lowest BCUT2D eigenvalue weighted by Gasteiger charge is -1.90. The summed E-state index contributed by atoms with van der Waals surface area (Å²) in [6.45, 7) is 0. The number of nitrogens with two attached hydrogens (primary N) is 1. The number of hydrogen-bond acceptors (Lipinski definition) is 4. The van der Waals surface area contributed by atoms with Gasteiger partial charge < -0.3 is 10.6 Å². The molecule has 0 bridgehead atoms. The Kier molecular flexibility index (Phi) is 5.05. The predicted molar refractivity (Wildman–Crippen MR) is 67.4 cm³/mol. The molecule has 2 N–H and O–H groups in total. The molecule has 0 saturated carbocycles. The Morgan fingerprint density at radius 1 is 1.13 bits per heavy atom. The standard InChI is InChI=1S/C8H12N2S.C3H9N/c9-8-10-6-4-2-1-3-5-7(6)11-8;1-4(2)3/h1-5H2,(H2,9,10);1-3H3. The molecule has 1 aliphatic rings. The van der Waals surface area contributed by atoms with Crippen LogP contribution in [-0.4, -0.2) is 31.0 Å². The van der Waals surface area contributed by atoms with Gasteiger partial charge in [-0.1, -0.05) is 6.42 Å². The summed E-state index contributed by atoms with van der Waals surface area (Å²) in [5.41, 5.74) is 6.89. The topological polar surface area (TPSA) is 42.1 Å². The highest BCUT2D eigenvalue weighted by Crippen LogP contribution is 2.26. The first-order chi connectivity index (χ1) is 7.09. The second-order valence-corrected chi connectivity index (χ2v) is 5.44. The molecule has 4 heteroatoms. The van der Waals surface area contributed by atoms with Gasteiger partial charge in [0.25, 0.3) is 0 Å². The van der Waals surface area contributed by atoms with Crippen molar-refractivity contribution in [3.63, 3.8) is 0 Å². The van der Waals surface area contributed by atoms with Gasteiger partial charge in [-0.15, -0.1) is 11.3 Å². The van der Waals surface area contributed by atoms with Crippen LogP contribution < -0.4 is 5.73 Å². The van der Waals surface area contributed by atoms with Crippen molar-refractivity contribution in [2.75, 3.05) is 26.9 Å². The van der Waals surface area contributed by atoms with Crippen LogP contribution in [0.3, 0.4) is 0 Å². The Labute approximate surface area is 96.3 Å². The maximum Gasteiger partial charge on any atom is 0.180 e. The average molecular weight is 227 g/mol. The lowest BCUT2D eigenvalue weighted by atomic mass is 10.2. The summed E-state index contributed by atoms with van der Waals surface area (Å²) in [7, 11) is 6.00. The lowest BCUT2D eigenvalue weighted by molar-refractivity contribution is 0.505. The Morgan fingerprint density at radius 3 is 2.40 bits per heavy atom. The van der Waals surface area contributed by atoms with Gasteiger partial charge in [0.05, 0.1) is 5.69 Å². The number of aryl methyl sites for hydroxylation is 2. The highest BCUT2D eigenvalue weighted by Gasteiger charge is 2.11. The van der Waals surface area contributed by atoms with Crippen molar-refractivity contribution in [1.82, 2.24) is 9.88 Å². The van der Waals surface area contributed by atoms with Crippen LogP contribution in [0.15, 0.2) is 0 Å². The summed E-state index contributed by atoms with van der Waals surface area (Å²) < 4.78 is 0. The van der Waals surface area contributed by atoms with Crippen molar-refractivity contribution in [2.24, 2.45) is 0 Å². The van der Waals surface area contributed by atoms with Gasteiger partial charge in [0.1, 0.15) is 0 Å². The van der Waals surface area contributed by atoms with Crippen molar-refractivity contribution >= 4 is 16.5 Å². The lowest BCUT2D eigenvalue weighted by Crippen LogP contribution is -1.99. The van der Waals surface area contributed by atoms with Crippen LogP contribution in [0.25, 0.3) is 0 Å². The van der Waals surface area contributed by atoms with Crippen LogP contribution in [0.5, 0.6) is 0 Å². The molecule has 1 aliphatic carbocycles. The van der Waals surface area contributed by atoms with Crippen molar-refractivity contribution < 1.29 is 0 Å². The highest BCUT2D eigenvalue weighted by molar-refractivity contribution is 7.15. The van der Waals surface area contributed by atoms with E-state index in [9.17, 15) is 0 Å². The monoisotopic (exact) mass is 227 g/mol. The number of nitrogen functional groups attached to an aromatic ring is 1. The van der Waals surface area contributed by atoms with E-state index in [0.29, 0.717) is 0 Å². The van der Waals surface area contributed by atoms with E-state index in [1.807, 2.05) is 26.0 Å². The average Bonchev–Trinajstić information content (AvgIpc) is 2.31. The summed E-state index contributed by atoms with van der Waals surface area (Å²) >= 11 is 1.67. The Bertz CT molecular complexity index is 268. The van der Waals surface area contributed by atoms with E-state index in [-0.39, 0.29) is 0 Å². The quantitative estimate of drug-likeness (QED) is 0.691. The Morgan fingerprint density at radius 2 is 1.73 bits per heavy atom. The third-order valence-electron chi connectivity index (χ3n) is 2.11. The molecule has 15 heavy (non-hydrogen) atoms. The summed E-state index contributed by atoms with van der Waals surface area (Å²) in [6, 6.07) is 0. The molecule has 0 aliphatic heterocycles. The fourth-order valence-corrected chi connectivity index (χ4v) is 2.47. The molecule has 1 aromatic rings. The van der Waals surface area contributed by atoms with Gasteiger partial charge >= 0.3 is 0 Å². The molecule has 0 aromatic carbocycles. The molecule has 86 valence electrons. The number of aromatic nitrogens is 1. The van der Waals surface area contributed by atoms with Crippen LogP contribution in [0.4, 0.5) is 5.13 Å². The van der Waals surface area contributed by atoms with Crippen LogP contribution >= 0.6 is 11.3 Å². The number of anilines is 1. The minimum Gasteiger partial charge on any atom is -0.375 e.